The summed E-state index contributed by atoms with van der Waals surface area (Å²) in [6, 6.07) is 9.78. The number of nitrogens with one attached hydrogen (secondary N) is 1. The molecular weight excluding hydrogens is 246 g/mol. The minimum Gasteiger partial charge on any atom is -0.381 e. The Morgan fingerprint density at radius 2 is 1.95 bits per heavy atom. The highest BCUT2D eigenvalue weighted by molar-refractivity contribution is 5.24. The van der Waals surface area contributed by atoms with Crippen LogP contribution >= 0.6 is 0 Å². The van der Waals surface area contributed by atoms with Crippen LogP contribution in [-0.4, -0.2) is 25.8 Å². The molecule has 0 spiro atoms. The number of hydrogen-bond donors (Lipinski definition) is 1. The van der Waals surface area contributed by atoms with E-state index in [1.54, 1.807) is 0 Å². The highest BCUT2D eigenvalue weighted by Gasteiger charge is 2.22. The summed E-state index contributed by atoms with van der Waals surface area (Å²) >= 11 is 0. The fourth-order valence-corrected chi connectivity index (χ4v) is 2.40. The van der Waals surface area contributed by atoms with Crippen LogP contribution in [0.2, 0.25) is 0 Å². The quantitative estimate of drug-likeness (QED) is 0.651. The zero-order valence-electron chi connectivity index (χ0n) is 13.0. The van der Waals surface area contributed by atoms with E-state index in [0.717, 1.165) is 32.2 Å². The van der Waals surface area contributed by atoms with Gasteiger partial charge in [-0.15, -0.1) is 0 Å². The van der Waals surface area contributed by atoms with Crippen molar-refractivity contribution in [1.82, 2.24) is 5.32 Å². The number of rotatable bonds is 10. The molecular formula is C18H29NO. The van der Waals surface area contributed by atoms with Gasteiger partial charge in [-0.05, 0) is 44.1 Å². The highest BCUT2D eigenvalue weighted by Crippen LogP contribution is 2.23. The van der Waals surface area contributed by atoms with E-state index in [-0.39, 0.29) is 0 Å². The van der Waals surface area contributed by atoms with Gasteiger partial charge >= 0.3 is 0 Å². The maximum absolute atomic E-state index is 5.74. The van der Waals surface area contributed by atoms with Crippen molar-refractivity contribution in [2.75, 3.05) is 19.8 Å². The van der Waals surface area contributed by atoms with Crippen LogP contribution in [0, 0.1) is 6.92 Å². The molecule has 1 N–H and O–H groups in total. The van der Waals surface area contributed by atoms with Crippen molar-refractivity contribution in [3.63, 3.8) is 0 Å². The summed E-state index contributed by atoms with van der Waals surface area (Å²) in [5.74, 6) is 0.581. The van der Waals surface area contributed by atoms with E-state index in [4.69, 9.17) is 4.74 Å². The summed E-state index contributed by atoms with van der Waals surface area (Å²) in [5.41, 5.74) is 2.78. The minimum absolute atomic E-state index is 0.581. The van der Waals surface area contributed by atoms with Gasteiger partial charge in [0.15, 0.2) is 0 Å². The van der Waals surface area contributed by atoms with Gasteiger partial charge in [0.2, 0.25) is 0 Å². The van der Waals surface area contributed by atoms with Crippen molar-refractivity contribution < 1.29 is 4.74 Å². The van der Waals surface area contributed by atoms with E-state index < -0.39 is 0 Å². The summed E-state index contributed by atoms with van der Waals surface area (Å²) in [6.45, 7) is 7.23. The molecule has 0 aromatic heterocycles. The first-order valence-electron chi connectivity index (χ1n) is 8.17. The first kappa shape index (κ1) is 15.5. The molecule has 1 saturated carbocycles. The summed E-state index contributed by atoms with van der Waals surface area (Å²) in [5, 5.41) is 3.67. The summed E-state index contributed by atoms with van der Waals surface area (Å²) in [6.07, 6.45) is 6.22. The van der Waals surface area contributed by atoms with Crippen molar-refractivity contribution in [2.24, 2.45) is 0 Å². The van der Waals surface area contributed by atoms with Crippen LogP contribution in [0.5, 0.6) is 0 Å². The molecule has 0 amide bonds. The van der Waals surface area contributed by atoms with Gasteiger partial charge in [-0.25, -0.2) is 0 Å². The van der Waals surface area contributed by atoms with Gasteiger partial charge in [0.1, 0.15) is 0 Å². The molecule has 1 fully saturated rings. The van der Waals surface area contributed by atoms with Gasteiger partial charge in [-0.2, -0.15) is 0 Å². The standard InChI is InChI=1S/C18H29NO/c1-3-4-12-20-13-11-17(14-19-18-9-10-18)16-7-5-15(2)6-8-16/h5-8,17-19H,3-4,9-14H2,1-2H3. The van der Waals surface area contributed by atoms with E-state index in [0.29, 0.717) is 5.92 Å². The molecule has 2 heteroatoms. The van der Waals surface area contributed by atoms with Crippen molar-refractivity contribution in [3.05, 3.63) is 35.4 Å². The summed E-state index contributed by atoms with van der Waals surface area (Å²) < 4.78 is 5.74. The van der Waals surface area contributed by atoms with E-state index in [1.807, 2.05) is 0 Å². The lowest BCUT2D eigenvalue weighted by molar-refractivity contribution is 0.124. The van der Waals surface area contributed by atoms with Gasteiger partial charge in [0, 0.05) is 25.8 Å². The van der Waals surface area contributed by atoms with Crippen LogP contribution < -0.4 is 5.32 Å². The van der Waals surface area contributed by atoms with Gasteiger partial charge in [-0.3, -0.25) is 0 Å². The summed E-state index contributed by atoms with van der Waals surface area (Å²) in [4.78, 5) is 0. The Balaban J connectivity index is 1.80. The van der Waals surface area contributed by atoms with Crippen LogP contribution in [0.3, 0.4) is 0 Å². The number of aryl methyl sites for hydroxylation is 1. The van der Waals surface area contributed by atoms with Crippen molar-refractivity contribution in [3.8, 4) is 0 Å². The van der Waals surface area contributed by atoms with E-state index in [1.165, 1.54) is 36.8 Å². The predicted octanol–water partition coefficient (Wildman–Crippen LogP) is 4.04. The molecule has 0 heterocycles. The second-order valence-electron chi connectivity index (χ2n) is 6.04. The maximum Gasteiger partial charge on any atom is 0.0472 e. The topological polar surface area (TPSA) is 21.3 Å². The fourth-order valence-electron chi connectivity index (χ4n) is 2.40. The number of ether oxygens (including phenoxy) is 1. The van der Waals surface area contributed by atoms with Crippen molar-refractivity contribution >= 4 is 0 Å². The third-order valence-corrected chi connectivity index (χ3v) is 4.03. The smallest absolute Gasteiger partial charge is 0.0472 e. The highest BCUT2D eigenvalue weighted by atomic mass is 16.5. The number of benzene rings is 1. The van der Waals surface area contributed by atoms with Gasteiger partial charge in [-0.1, -0.05) is 43.2 Å². The Hall–Kier alpha value is -0.860. The molecule has 112 valence electrons. The molecule has 2 nitrogen and oxygen atoms in total. The van der Waals surface area contributed by atoms with Crippen molar-refractivity contribution in [2.45, 2.75) is 57.9 Å². The molecule has 0 bridgehead atoms. The molecule has 0 aliphatic heterocycles. The average molecular weight is 275 g/mol. The zero-order chi connectivity index (χ0) is 14.2. The normalized spacial score (nSPS) is 16.3. The maximum atomic E-state index is 5.74. The first-order chi connectivity index (χ1) is 9.79. The molecule has 20 heavy (non-hydrogen) atoms. The second-order valence-corrected chi connectivity index (χ2v) is 6.04. The number of hydrogen-bond acceptors (Lipinski definition) is 2. The molecule has 1 aliphatic rings. The molecule has 0 radical (unpaired) electrons. The second kappa shape index (κ2) is 8.43. The summed E-state index contributed by atoms with van der Waals surface area (Å²) in [7, 11) is 0. The van der Waals surface area contributed by atoms with Crippen LogP contribution in [0.1, 0.15) is 56.1 Å². The Morgan fingerprint density at radius 1 is 1.20 bits per heavy atom. The SMILES string of the molecule is CCCCOCCC(CNC1CC1)c1ccc(C)cc1. The average Bonchev–Trinajstić information content (AvgIpc) is 3.27. The first-order valence-corrected chi connectivity index (χ1v) is 8.17. The van der Waals surface area contributed by atoms with Crippen LogP contribution in [0.25, 0.3) is 0 Å². The predicted molar refractivity (Wildman–Crippen MR) is 85.3 cm³/mol. The lowest BCUT2D eigenvalue weighted by Gasteiger charge is -2.18. The van der Waals surface area contributed by atoms with Crippen LogP contribution in [0.4, 0.5) is 0 Å². The molecule has 1 aromatic carbocycles. The Kier molecular flexibility index (Phi) is 6.55. The third-order valence-electron chi connectivity index (χ3n) is 4.03. The Labute approximate surface area is 123 Å². The zero-order valence-corrected chi connectivity index (χ0v) is 13.0. The molecule has 2 rings (SSSR count). The van der Waals surface area contributed by atoms with Gasteiger partial charge in [0.05, 0.1) is 0 Å². The lowest BCUT2D eigenvalue weighted by atomic mass is 9.95. The van der Waals surface area contributed by atoms with Crippen molar-refractivity contribution in [1.29, 1.82) is 0 Å². The molecule has 1 atom stereocenters. The van der Waals surface area contributed by atoms with E-state index >= 15 is 0 Å². The minimum atomic E-state index is 0.581. The van der Waals surface area contributed by atoms with E-state index in [2.05, 4.69) is 43.4 Å². The Morgan fingerprint density at radius 3 is 2.60 bits per heavy atom. The van der Waals surface area contributed by atoms with E-state index in [9.17, 15) is 0 Å². The van der Waals surface area contributed by atoms with Gasteiger partial charge in [0.25, 0.3) is 0 Å². The lowest BCUT2D eigenvalue weighted by Crippen LogP contribution is -2.24. The van der Waals surface area contributed by atoms with Gasteiger partial charge < -0.3 is 10.1 Å². The van der Waals surface area contributed by atoms with Crippen LogP contribution in [0.15, 0.2) is 24.3 Å². The monoisotopic (exact) mass is 275 g/mol. The third kappa shape index (κ3) is 5.64. The molecule has 1 aliphatic carbocycles. The molecule has 0 saturated heterocycles. The fraction of sp³-hybridized carbons (Fsp3) is 0.667. The van der Waals surface area contributed by atoms with Crippen LogP contribution in [-0.2, 0) is 4.74 Å². The number of unbranched alkanes of at least 4 members (excludes halogenated alkanes) is 1. The molecule has 1 unspecified atom stereocenters. The Bertz CT molecular complexity index is 370. The largest absolute Gasteiger partial charge is 0.381 e. The molecule has 1 aromatic rings.